The van der Waals surface area contributed by atoms with Gasteiger partial charge in [-0.1, -0.05) is 26.0 Å². The number of Topliss-reactive ketones (excluding diaryl/α,β-unsaturated/α-hetero) is 1. The van der Waals surface area contributed by atoms with Crippen molar-refractivity contribution in [2.24, 2.45) is 11.1 Å². The van der Waals surface area contributed by atoms with Crippen LogP contribution in [0.1, 0.15) is 39.2 Å². The number of hydrogen-bond acceptors (Lipinski definition) is 7. The minimum atomic E-state index is -3.78. The van der Waals surface area contributed by atoms with E-state index < -0.39 is 10.0 Å². The van der Waals surface area contributed by atoms with E-state index in [9.17, 15) is 22.8 Å². The van der Waals surface area contributed by atoms with Crippen molar-refractivity contribution < 1.29 is 22.8 Å². The molecule has 1 aromatic rings. The number of nitrogens with zero attached hydrogens (tertiary/aromatic N) is 3. The van der Waals surface area contributed by atoms with Gasteiger partial charge in [0.1, 0.15) is 5.78 Å². The molecule has 0 radical (unpaired) electrons. The largest absolute Gasteiger partial charge is 0.334 e. The second-order valence-corrected chi connectivity index (χ2v) is 11.4. The maximum absolute atomic E-state index is 13.1. The van der Waals surface area contributed by atoms with Crippen molar-refractivity contribution in [3.8, 4) is 0 Å². The third-order valence-corrected chi connectivity index (χ3v) is 6.96. The zero-order chi connectivity index (χ0) is 26.7. The van der Waals surface area contributed by atoms with Crippen molar-refractivity contribution in [3.05, 3.63) is 29.8 Å². The summed E-state index contributed by atoms with van der Waals surface area (Å²) in [6.45, 7) is 9.96. The highest BCUT2D eigenvalue weighted by molar-refractivity contribution is 7.89. The Labute approximate surface area is 215 Å². The normalized spacial score (nSPS) is 14.2. The second-order valence-electron chi connectivity index (χ2n) is 9.85. The fraction of sp³-hybridized carbons (Fsp3) is 0.640. The first kappa shape index (κ1) is 29.9. The number of carbonyl (C=O) groups is 3. The van der Waals surface area contributed by atoms with Gasteiger partial charge >= 0.3 is 0 Å². The van der Waals surface area contributed by atoms with Crippen molar-refractivity contribution in [3.63, 3.8) is 0 Å². The molecule has 0 aliphatic carbocycles. The summed E-state index contributed by atoms with van der Waals surface area (Å²) < 4.78 is 22.9. The van der Waals surface area contributed by atoms with E-state index in [0.717, 1.165) is 31.7 Å². The van der Waals surface area contributed by atoms with Gasteiger partial charge in [-0.2, -0.15) is 0 Å². The van der Waals surface area contributed by atoms with Crippen molar-refractivity contribution in [1.29, 1.82) is 0 Å². The topological polar surface area (TPSA) is 133 Å². The van der Waals surface area contributed by atoms with Crippen molar-refractivity contribution in [2.75, 3.05) is 58.9 Å². The summed E-state index contributed by atoms with van der Waals surface area (Å²) in [7, 11) is -3.78. The Morgan fingerprint density at radius 3 is 2.22 bits per heavy atom. The maximum Gasteiger partial charge on any atom is 0.242 e. The van der Waals surface area contributed by atoms with Crippen molar-refractivity contribution in [1.82, 2.24) is 20.0 Å². The smallest absolute Gasteiger partial charge is 0.242 e. The molecule has 1 saturated heterocycles. The molecule has 0 atom stereocenters. The summed E-state index contributed by atoms with van der Waals surface area (Å²) in [6.07, 6.45) is 2.88. The number of nitrogens with two attached hydrogens (primary N) is 1. The average Bonchev–Trinajstić information content (AvgIpc) is 3.31. The molecule has 2 rings (SSSR count). The van der Waals surface area contributed by atoms with Gasteiger partial charge in [-0.15, -0.1) is 0 Å². The first-order chi connectivity index (χ1) is 17.0. The highest BCUT2D eigenvalue weighted by atomic mass is 32.2. The van der Waals surface area contributed by atoms with Crippen LogP contribution in [0.15, 0.2) is 29.2 Å². The summed E-state index contributed by atoms with van der Waals surface area (Å²) in [5, 5.41) is 8.34. The van der Waals surface area contributed by atoms with Gasteiger partial charge in [-0.05, 0) is 62.9 Å². The summed E-state index contributed by atoms with van der Waals surface area (Å²) in [6, 6.07) is 6.11. The molecule has 0 saturated carbocycles. The third kappa shape index (κ3) is 10.7. The molecule has 3 N–H and O–H groups in total. The highest BCUT2D eigenvalue weighted by Crippen LogP contribution is 2.11. The maximum atomic E-state index is 13.1. The lowest BCUT2D eigenvalue weighted by atomic mass is 10.1. The van der Waals surface area contributed by atoms with Crippen LogP contribution in [-0.4, -0.2) is 99.6 Å². The minimum absolute atomic E-state index is 0.0137. The van der Waals surface area contributed by atoms with Gasteiger partial charge in [0.25, 0.3) is 0 Å². The van der Waals surface area contributed by atoms with E-state index in [0.29, 0.717) is 13.0 Å². The van der Waals surface area contributed by atoms with Gasteiger partial charge in [0.05, 0.1) is 24.5 Å². The van der Waals surface area contributed by atoms with Gasteiger partial charge in [0, 0.05) is 26.2 Å². The molecule has 0 aromatic heterocycles. The summed E-state index contributed by atoms with van der Waals surface area (Å²) in [4.78, 5) is 43.3. The number of likely N-dealkylation sites (tertiary alicyclic amines) is 1. The predicted molar refractivity (Wildman–Crippen MR) is 139 cm³/mol. The van der Waals surface area contributed by atoms with E-state index >= 15 is 0 Å². The van der Waals surface area contributed by atoms with Crippen LogP contribution in [0, 0.1) is 5.92 Å². The number of rotatable bonds is 15. The Morgan fingerprint density at radius 1 is 1.03 bits per heavy atom. The third-order valence-electron chi connectivity index (χ3n) is 6.03. The molecule has 0 unspecified atom stereocenters. The summed E-state index contributed by atoms with van der Waals surface area (Å²) in [5.74, 6) is -0.402. The van der Waals surface area contributed by atoms with Crippen LogP contribution in [0.25, 0.3) is 0 Å². The highest BCUT2D eigenvalue weighted by Gasteiger charge is 2.23. The molecule has 1 aliphatic heterocycles. The van der Waals surface area contributed by atoms with Gasteiger partial charge in [-0.3, -0.25) is 14.4 Å². The lowest BCUT2D eigenvalue weighted by Crippen LogP contribution is -2.48. The molecule has 36 heavy (non-hydrogen) atoms. The van der Waals surface area contributed by atoms with Crippen molar-refractivity contribution >= 4 is 27.6 Å². The van der Waals surface area contributed by atoms with E-state index in [-0.39, 0.29) is 54.6 Å². The Kier molecular flexibility index (Phi) is 12.0. The van der Waals surface area contributed by atoms with Gasteiger partial charge in [0.2, 0.25) is 21.8 Å². The fourth-order valence-electron chi connectivity index (χ4n) is 4.18. The summed E-state index contributed by atoms with van der Waals surface area (Å²) in [5.41, 5.74) is 0.807. The van der Waals surface area contributed by atoms with E-state index in [2.05, 4.69) is 10.2 Å². The minimum Gasteiger partial charge on any atom is -0.334 e. The molecular weight excluding hydrogens is 482 g/mol. The molecule has 1 aliphatic rings. The van der Waals surface area contributed by atoms with E-state index in [1.54, 1.807) is 17.0 Å². The van der Waals surface area contributed by atoms with Crippen LogP contribution >= 0.6 is 0 Å². The number of hydrogen-bond donors (Lipinski definition) is 2. The number of nitrogens with one attached hydrogen (secondary N) is 1. The number of carbonyl (C=O) groups excluding carboxylic acids is 3. The molecule has 0 bridgehead atoms. The Hall–Kier alpha value is -2.34. The predicted octanol–water partition coefficient (Wildman–Crippen LogP) is 0.464. The van der Waals surface area contributed by atoms with E-state index in [1.807, 2.05) is 13.8 Å². The van der Waals surface area contributed by atoms with Crippen molar-refractivity contribution in [2.45, 2.75) is 44.9 Å². The van der Waals surface area contributed by atoms with Crippen LogP contribution in [0.4, 0.5) is 0 Å². The van der Waals surface area contributed by atoms with Gasteiger partial charge in [0.15, 0.2) is 0 Å². The molecule has 1 fully saturated rings. The summed E-state index contributed by atoms with van der Waals surface area (Å²) >= 11 is 0. The van der Waals surface area contributed by atoms with Gasteiger partial charge in [-0.25, -0.2) is 13.6 Å². The molecule has 202 valence electrons. The first-order valence-corrected chi connectivity index (χ1v) is 14.1. The molecule has 11 heteroatoms. The Balaban J connectivity index is 1.95. The second kappa shape index (κ2) is 14.4. The van der Waals surface area contributed by atoms with Crippen LogP contribution < -0.4 is 10.5 Å². The zero-order valence-corrected chi connectivity index (χ0v) is 22.6. The number of benzene rings is 1. The SMILES string of the molecule is CC(=O)CN(CCc1ccc(S(N)(=O)=O)cc1)C(=O)CN(CC(C)C)C(=O)CNCCN1CCCC1. The molecule has 0 spiro atoms. The number of sulfonamides is 1. The molecule has 1 aromatic carbocycles. The quantitative estimate of drug-likeness (QED) is 0.319. The lowest BCUT2D eigenvalue weighted by Gasteiger charge is -2.28. The first-order valence-electron chi connectivity index (χ1n) is 12.6. The lowest BCUT2D eigenvalue weighted by molar-refractivity contribution is -0.141. The molecular formula is C25H41N5O5S. The molecule has 10 nitrogen and oxygen atoms in total. The fourth-order valence-corrected chi connectivity index (χ4v) is 4.70. The van der Waals surface area contributed by atoms with E-state index in [4.69, 9.17) is 5.14 Å². The van der Waals surface area contributed by atoms with E-state index in [1.165, 1.54) is 36.8 Å². The number of ketones is 1. The zero-order valence-electron chi connectivity index (χ0n) is 21.7. The monoisotopic (exact) mass is 523 g/mol. The number of primary sulfonamides is 1. The Morgan fingerprint density at radius 2 is 1.67 bits per heavy atom. The number of amides is 2. The van der Waals surface area contributed by atoms with Crippen LogP contribution in [-0.2, 0) is 30.8 Å². The molecule has 2 amide bonds. The average molecular weight is 524 g/mol. The van der Waals surface area contributed by atoms with Crippen LogP contribution in [0.2, 0.25) is 0 Å². The Bertz CT molecular complexity index is 975. The van der Waals surface area contributed by atoms with Crippen LogP contribution in [0.3, 0.4) is 0 Å². The standard InChI is InChI=1S/C25H41N5O5S/c1-20(2)17-30(24(32)16-27-11-15-28-12-4-5-13-28)19-25(33)29(18-21(3)31)14-10-22-6-8-23(9-7-22)36(26,34)35/h6-9,20,27H,4-5,10-19H2,1-3H3,(H2,26,34,35). The van der Waals surface area contributed by atoms with Crippen LogP contribution in [0.5, 0.6) is 0 Å². The van der Waals surface area contributed by atoms with Gasteiger partial charge < -0.3 is 20.0 Å². The molecule has 1 heterocycles.